The van der Waals surface area contributed by atoms with Gasteiger partial charge in [0.2, 0.25) is 5.91 Å². The van der Waals surface area contributed by atoms with Crippen LogP contribution < -0.4 is 10.6 Å². The Morgan fingerprint density at radius 1 is 1.17 bits per heavy atom. The molecule has 2 bridgehead atoms. The first-order valence-corrected chi connectivity index (χ1v) is 8.92. The van der Waals surface area contributed by atoms with Gasteiger partial charge in [0.1, 0.15) is 0 Å². The summed E-state index contributed by atoms with van der Waals surface area (Å²) in [6, 6.07) is 8.91. The molecule has 23 heavy (non-hydrogen) atoms. The number of halogens is 1. The largest absolute Gasteiger partial charge is 0.354 e. The van der Waals surface area contributed by atoms with E-state index in [1.165, 1.54) is 30.4 Å². The van der Waals surface area contributed by atoms with Crippen LogP contribution in [0, 0.1) is 29.6 Å². The van der Waals surface area contributed by atoms with Crippen molar-refractivity contribution in [1.82, 2.24) is 10.6 Å². The molecule has 1 aliphatic heterocycles. The maximum absolute atomic E-state index is 12.6. The summed E-state index contributed by atoms with van der Waals surface area (Å²) in [4.78, 5) is 12.6. The first-order chi connectivity index (χ1) is 10.8. The highest BCUT2D eigenvalue weighted by molar-refractivity contribution is 5.85. The second-order valence-corrected chi connectivity index (χ2v) is 7.71. The average molecular weight is 333 g/mol. The number of carbonyl (C=O) groups is 1. The predicted molar refractivity (Wildman–Crippen MR) is 92.4 cm³/mol. The third-order valence-electron chi connectivity index (χ3n) is 6.73. The van der Waals surface area contributed by atoms with Crippen molar-refractivity contribution in [2.45, 2.75) is 31.7 Å². The minimum atomic E-state index is 0. The second-order valence-electron chi connectivity index (χ2n) is 7.71. The van der Waals surface area contributed by atoms with Gasteiger partial charge < -0.3 is 10.6 Å². The molecule has 0 aromatic heterocycles. The molecule has 0 radical (unpaired) electrons. The SMILES string of the molecule is Cl.O=C(NCC1NCCc2ccccc21)C1C2C3CCC(C3)C12. The molecule has 0 saturated heterocycles. The highest BCUT2D eigenvalue weighted by Crippen LogP contribution is 2.69. The fourth-order valence-corrected chi connectivity index (χ4v) is 5.77. The molecule has 3 saturated carbocycles. The number of nitrogens with one attached hydrogen (secondary N) is 2. The Morgan fingerprint density at radius 2 is 1.91 bits per heavy atom. The van der Waals surface area contributed by atoms with E-state index in [-0.39, 0.29) is 18.4 Å². The Hall–Kier alpha value is -1.06. The van der Waals surface area contributed by atoms with Crippen LogP contribution in [0.25, 0.3) is 0 Å². The second kappa shape index (κ2) is 5.78. The molecule has 5 rings (SSSR count). The van der Waals surface area contributed by atoms with Crippen LogP contribution in [0.5, 0.6) is 0 Å². The van der Waals surface area contributed by atoms with Crippen LogP contribution in [-0.4, -0.2) is 19.0 Å². The van der Waals surface area contributed by atoms with E-state index in [9.17, 15) is 4.79 Å². The van der Waals surface area contributed by atoms with Gasteiger partial charge in [-0.05, 0) is 67.0 Å². The lowest BCUT2D eigenvalue weighted by molar-refractivity contribution is -0.123. The number of amides is 1. The van der Waals surface area contributed by atoms with Crippen molar-refractivity contribution in [2.24, 2.45) is 29.6 Å². The van der Waals surface area contributed by atoms with Crippen LogP contribution in [0.4, 0.5) is 0 Å². The van der Waals surface area contributed by atoms with Crippen molar-refractivity contribution >= 4 is 18.3 Å². The lowest BCUT2D eigenvalue weighted by Gasteiger charge is -2.27. The maximum Gasteiger partial charge on any atom is 0.223 e. The van der Waals surface area contributed by atoms with Crippen molar-refractivity contribution < 1.29 is 4.79 Å². The standard InChI is InChI=1S/C19H24N2O.ClH/c22-19(18-16-12-5-6-13(9-12)17(16)18)21-10-15-14-4-2-1-3-11(14)7-8-20-15;/h1-4,12-13,15-18,20H,5-10H2,(H,21,22);1H. The fourth-order valence-electron chi connectivity index (χ4n) is 5.77. The lowest BCUT2D eigenvalue weighted by atomic mass is 9.94. The van der Waals surface area contributed by atoms with Gasteiger partial charge in [-0.15, -0.1) is 12.4 Å². The molecule has 3 nitrogen and oxygen atoms in total. The molecule has 5 atom stereocenters. The van der Waals surface area contributed by atoms with Gasteiger partial charge in [-0.2, -0.15) is 0 Å². The van der Waals surface area contributed by atoms with Gasteiger partial charge in [0.25, 0.3) is 0 Å². The molecule has 2 N–H and O–H groups in total. The number of carbonyl (C=O) groups excluding carboxylic acids is 1. The van der Waals surface area contributed by atoms with Crippen LogP contribution in [0.2, 0.25) is 0 Å². The molecule has 1 aromatic rings. The summed E-state index contributed by atoms with van der Waals surface area (Å²) in [6.45, 7) is 1.75. The Balaban J connectivity index is 0.00000135. The maximum atomic E-state index is 12.6. The zero-order valence-corrected chi connectivity index (χ0v) is 14.1. The van der Waals surface area contributed by atoms with Crippen LogP contribution >= 0.6 is 12.4 Å². The molecule has 5 unspecified atom stereocenters. The first kappa shape index (κ1) is 15.5. The number of hydrogen-bond donors (Lipinski definition) is 2. The van der Waals surface area contributed by atoms with Gasteiger partial charge >= 0.3 is 0 Å². The van der Waals surface area contributed by atoms with Gasteiger partial charge in [0.15, 0.2) is 0 Å². The molecule has 1 heterocycles. The molecule has 3 fully saturated rings. The van der Waals surface area contributed by atoms with E-state index in [0.717, 1.165) is 43.2 Å². The van der Waals surface area contributed by atoms with E-state index in [4.69, 9.17) is 0 Å². The molecule has 0 spiro atoms. The zero-order chi connectivity index (χ0) is 14.7. The molecular weight excluding hydrogens is 308 g/mol. The van der Waals surface area contributed by atoms with E-state index >= 15 is 0 Å². The number of fused-ring (bicyclic) bond motifs is 6. The number of benzene rings is 1. The first-order valence-electron chi connectivity index (χ1n) is 8.92. The van der Waals surface area contributed by atoms with Crippen molar-refractivity contribution in [3.05, 3.63) is 35.4 Å². The van der Waals surface area contributed by atoms with Crippen molar-refractivity contribution in [3.8, 4) is 0 Å². The van der Waals surface area contributed by atoms with Crippen LogP contribution in [0.15, 0.2) is 24.3 Å². The zero-order valence-electron chi connectivity index (χ0n) is 13.3. The quantitative estimate of drug-likeness (QED) is 0.893. The summed E-state index contributed by atoms with van der Waals surface area (Å²) in [5, 5.41) is 6.81. The van der Waals surface area contributed by atoms with Gasteiger partial charge in [0.05, 0.1) is 0 Å². The Kier molecular flexibility index (Phi) is 3.89. The van der Waals surface area contributed by atoms with E-state index in [2.05, 4.69) is 34.9 Å². The normalized spacial score (nSPS) is 39.1. The van der Waals surface area contributed by atoms with Crippen LogP contribution in [0.1, 0.15) is 36.4 Å². The summed E-state index contributed by atoms with van der Waals surface area (Å²) in [6.07, 6.45) is 5.27. The topological polar surface area (TPSA) is 41.1 Å². The summed E-state index contributed by atoms with van der Waals surface area (Å²) >= 11 is 0. The van der Waals surface area contributed by atoms with E-state index < -0.39 is 0 Å². The molecule has 3 aliphatic carbocycles. The summed E-state index contributed by atoms with van der Waals surface area (Å²) in [7, 11) is 0. The molecule has 4 aliphatic rings. The highest BCUT2D eigenvalue weighted by atomic mass is 35.5. The lowest BCUT2D eigenvalue weighted by Crippen LogP contribution is -2.39. The molecular formula is C19H25ClN2O. The van der Waals surface area contributed by atoms with Gasteiger partial charge in [-0.25, -0.2) is 0 Å². The van der Waals surface area contributed by atoms with E-state index in [1.807, 2.05) is 0 Å². The monoisotopic (exact) mass is 332 g/mol. The van der Waals surface area contributed by atoms with Crippen molar-refractivity contribution in [2.75, 3.05) is 13.1 Å². The van der Waals surface area contributed by atoms with Gasteiger partial charge in [-0.1, -0.05) is 24.3 Å². The minimum absolute atomic E-state index is 0. The molecule has 124 valence electrons. The fraction of sp³-hybridized carbons (Fsp3) is 0.632. The third-order valence-corrected chi connectivity index (χ3v) is 6.73. The average Bonchev–Trinajstić information content (AvgIpc) is 3.00. The van der Waals surface area contributed by atoms with Crippen LogP contribution in [-0.2, 0) is 11.2 Å². The summed E-state index contributed by atoms with van der Waals surface area (Å²) in [5.74, 6) is 3.91. The highest BCUT2D eigenvalue weighted by Gasteiger charge is 2.67. The van der Waals surface area contributed by atoms with Crippen LogP contribution in [0.3, 0.4) is 0 Å². The summed E-state index contributed by atoms with van der Waals surface area (Å²) in [5.41, 5.74) is 2.80. The Morgan fingerprint density at radius 3 is 2.70 bits per heavy atom. The smallest absolute Gasteiger partial charge is 0.223 e. The Labute approximate surface area is 144 Å². The van der Waals surface area contributed by atoms with Crippen molar-refractivity contribution in [3.63, 3.8) is 0 Å². The number of hydrogen-bond acceptors (Lipinski definition) is 2. The summed E-state index contributed by atoms with van der Waals surface area (Å²) < 4.78 is 0. The number of rotatable bonds is 3. The van der Waals surface area contributed by atoms with Gasteiger partial charge in [0, 0.05) is 18.5 Å². The Bertz CT molecular complexity index is 603. The van der Waals surface area contributed by atoms with E-state index in [0.29, 0.717) is 11.8 Å². The molecule has 1 aromatic carbocycles. The third kappa shape index (κ3) is 2.40. The van der Waals surface area contributed by atoms with E-state index in [1.54, 1.807) is 0 Å². The molecule has 4 heteroatoms. The minimum Gasteiger partial charge on any atom is -0.354 e. The van der Waals surface area contributed by atoms with Crippen molar-refractivity contribution in [1.29, 1.82) is 0 Å². The molecule has 1 amide bonds. The predicted octanol–water partition coefficient (Wildman–Crippen LogP) is 2.70. The van der Waals surface area contributed by atoms with Gasteiger partial charge in [-0.3, -0.25) is 4.79 Å².